The predicted octanol–water partition coefficient (Wildman–Crippen LogP) is 0.450. The first kappa shape index (κ1) is 9.23. The molecule has 0 rings (SSSR count). The lowest BCUT2D eigenvalue weighted by Crippen LogP contribution is -2.38. The van der Waals surface area contributed by atoms with Crippen molar-refractivity contribution < 1.29 is 14.7 Å². The maximum absolute atomic E-state index is 10.6. The minimum Gasteiger partial charge on any atom is -0.465 e. The van der Waals surface area contributed by atoms with Crippen LogP contribution in [0.1, 0.15) is 6.92 Å². The molecule has 0 radical (unpaired) electrons. The van der Waals surface area contributed by atoms with E-state index in [1.807, 2.05) is 5.32 Å². The van der Waals surface area contributed by atoms with E-state index >= 15 is 0 Å². The molecule has 0 aromatic rings. The first-order valence-electron chi connectivity index (χ1n) is 2.66. The van der Waals surface area contributed by atoms with Crippen LogP contribution in [0.15, 0.2) is 0 Å². The number of Topliss-reactive ketones (excluding diaryl/α,β-unsaturated/α-hetero) is 1. The average molecular weight is 166 g/mol. The van der Waals surface area contributed by atoms with Crippen molar-refractivity contribution in [1.82, 2.24) is 5.32 Å². The van der Waals surface area contributed by atoms with Crippen LogP contribution >= 0.6 is 11.6 Å². The molecule has 10 heavy (non-hydrogen) atoms. The second-order valence-electron chi connectivity index (χ2n) is 1.77. The summed E-state index contributed by atoms with van der Waals surface area (Å²) in [6.07, 6.45) is -1.22. The number of carbonyl (C=O) groups excluding carboxylic acids is 1. The monoisotopic (exact) mass is 165 g/mol. The minimum atomic E-state index is -1.22. The van der Waals surface area contributed by atoms with Gasteiger partial charge in [0, 0.05) is 0 Å². The Bertz CT molecular complexity index is 148. The molecule has 1 amide bonds. The van der Waals surface area contributed by atoms with E-state index in [4.69, 9.17) is 16.7 Å². The van der Waals surface area contributed by atoms with Crippen molar-refractivity contribution in [1.29, 1.82) is 0 Å². The second-order valence-corrected chi connectivity index (χ2v) is 2.04. The van der Waals surface area contributed by atoms with Crippen molar-refractivity contribution in [2.45, 2.75) is 13.0 Å². The van der Waals surface area contributed by atoms with Gasteiger partial charge in [-0.05, 0) is 6.92 Å². The highest BCUT2D eigenvalue weighted by atomic mass is 35.5. The molecule has 5 heteroatoms. The van der Waals surface area contributed by atoms with Gasteiger partial charge in [-0.1, -0.05) is 0 Å². The van der Waals surface area contributed by atoms with Crippen molar-refractivity contribution in [2.24, 2.45) is 0 Å². The predicted molar refractivity (Wildman–Crippen MR) is 36.3 cm³/mol. The third-order valence-corrected chi connectivity index (χ3v) is 1.22. The first-order chi connectivity index (χ1) is 4.57. The van der Waals surface area contributed by atoms with Gasteiger partial charge in [-0.15, -0.1) is 11.6 Å². The molecule has 0 aromatic heterocycles. The normalized spacial score (nSPS) is 12.2. The van der Waals surface area contributed by atoms with Crippen LogP contribution in [0.5, 0.6) is 0 Å². The summed E-state index contributed by atoms with van der Waals surface area (Å²) in [6, 6.07) is -0.713. The lowest BCUT2D eigenvalue weighted by Gasteiger charge is -2.06. The van der Waals surface area contributed by atoms with E-state index in [9.17, 15) is 9.59 Å². The Hall–Kier alpha value is -0.770. The van der Waals surface area contributed by atoms with E-state index in [2.05, 4.69) is 0 Å². The quantitative estimate of drug-likeness (QED) is 0.597. The summed E-state index contributed by atoms with van der Waals surface area (Å²) in [4.78, 5) is 20.5. The van der Waals surface area contributed by atoms with Gasteiger partial charge < -0.3 is 10.4 Å². The maximum atomic E-state index is 10.6. The van der Waals surface area contributed by atoms with E-state index < -0.39 is 12.1 Å². The van der Waals surface area contributed by atoms with Crippen molar-refractivity contribution in [3.63, 3.8) is 0 Å². The van der Waals surface area contributed by atoms with Gasteiger partial charge in [0.2, 0.25) is 0 Å². The Morgan fingerprint density at radius 1 is 1.70 bits per heavy atom. The molecule has 0 aliphatic carbocycles. The van der Waals surface area contributed by atoms with Gasteiger partial charge >= 0.3 is 6.09 Å². The molecule has 0 fully saturated rings. The Morgan fingerprint density at radius 3 is 2.50 bits per heavy atom. The molecule has 58 valence electrons. The Morgan fingerprint density at radius 2 is 2.20 bits per heavy atom. The molecule has 4 nitrogen and oxygen atoms in total. The van der Waals surface area contributed by atoms with Crippen molar-refractivity contribution in [3.05, 3.63) is 0 Å². The summed E-state index contributed by atoms with van der Waals surface area (Å²) >= 11 is 5.15. The number of hydrogen-bond acceptors (Lipinski definition) is 2. The standard InChI is InChI=1S/C5H8ClNO3/c1-3(4(8)2-6)7-5(9)10/h3,7H,2H2,1H3,(H,9,10). The molecule has 0 saturated heterocycles. The average Bonchev–Trinajstić information content (AvgIpc) is 1.85. The van der Waals surface area contributed by atoms with Crippen LogP contribution in [0.25, 0.3) is 0 Å². The zero-order valence-corrected chi connectivity index (χ0v) is 6.18. The number of carboxylic acid groups (broad SMARTS) is 1. The molecule has 0 aromatic carbocycles. The van der Waals surface area contributed by atoms with Gasteiger partial charge in [-0.25, -0.2) is 4.79 Å². The molecule has 1 atom stereocenters. The summed E-state index contributed by atoms with van der Waals surface area (Å²) in [5.41, 5.74) is 0. The number of rotatable bonds is 3. The zero-order valence-electron chi connectivity index (χ0n) is 5.43. The summed E-state index contributed by atoms with van der Waals surface area (Å²) in [5, 5.41) is 10.1. The molecule has 0 aliphatic rings. The van der Waals surface area contributed by atoms with Gasteiger partial charge in [0.15, 0.2) is 5.78 Å². The van der Waals surface area contributed by atoms with Crippen LogP contribution in [0.2, 0.25) is 0 Å². The summed E-state index contributed by atoms with van der Waals surface area (Å²) < 4.78 is 0. The summed E-state index contributed by atoms with van der Waals surface area (Å²) in [5.74, 6) is -0.495. The number of alkyl halides is 1. The highest BCUT2D eigenvalue weighted by molar-refractivity contribution is 6.28. The summed E-state index contributed by atoms with van der Waals surface area (Å²) in [6.45, 7) is 1.44. The number of hydrogen-bond donors (Lipinski definition) is 2. The second kappa shape index (κ2) is 4.11. The maximum Gasteiger partial charge on any atom is 0.405 e. The van der Waals surface area contributed by atoms with E-state index in [0.717, 1.165) is 0 Å². The molecule has 1 unspecified atom stereocenters. The van der Waals surface area contributed by atoms with Gasteiger partial charge in [-0.3, -0.25) is 4.79 Å². The Balaban J connectivity index is 3.72. The minimum absolute atomic E-state index is 0.165. The molecule has 0 spiro atoms. The van der Waals surface area contributed by atoms with Gasteiger partial charge in [0.05, 0.1) is 11.9 Å². The fraction of sp³-hybridized carbons (Fsp3) is 0.600. The van der Waals surface area contributed by atoms with Gasteiger partial charge in [-0.2, -0.15) is 0 Å². The topological polar surface area (TPSA) is 66.4 Å². The van der Waals surface area contributed by atoms with Crippen LogP contribution in [0.4, 0.5) is 4.79 Å². The number of amides is 1. The van der Waals surface area contributed by atoms with Gasteiger partial charge in [0.1, 0.15) is 0 Å². The zero-order chi connectivity index (χ0) is 8.15. The highest BCUT2D eigenvalue weighted by Crippen LogP contribution is 1.87. The number of carbonyl (C=O) groups is 2. The SMILES string of the molecule is CC(NC(=O)O)C(=O)CCl. The fourth-order valence-electron chi connectivity index (χ4n) is 0.381. The molecule has 0 saturated carbocycles. The lowest BCUT2D eigenvalue weighted by molar-refractivity contribution is -0.118. The van der Waals surface area contributed by atoms with Crippen LogP contribution in [-0.2, 0) is 4.79 Å². The van der Waals surface area contributed by atoms with E-state index in [1.54, 1.807) is 0 Å². The summed E-state index contributed by atoms with van der Waals surface area (Å²) in [7, 11) is 0. The molecule has 0 bridgehead atoms. The Kier molecular flexibility index (Phi) is 3.79. The number of halogens is 1. The van der Waals surface area contributed by atoms with E-state index in [1.165, 1.54) is 6.92 Å². The van der Waals surface area contributed by atoms with Gasteiger partial charge in [0.25, 0.3) is 0 Å². The van der Waals surface area contributed by atoms with Crippen LogP contribution < -0.4 is 5.32 Å². The highest BCUT2D eigenvalue weighted by Gasteiger charge is 2.12. The molecule has 0 heterocycles. The van der Waals surface area contributed by atoms with E-state index in [0.29, 0.717) is 0 Å². The van der Waals surface area contributed by atoms with Crippen molar-refractivity contribution in [2.75, 3.05) is 5.88 Å². The van der Waals surface area contributed by atoms with Crippen LogP contribution in [0, 0.1) is 0 Å². The third kappa shape index (κ3) is 3.29. The number of nitrogens with one attached hydrogen (secondary N) is 1. The van der Waals surface area contributed by atoms with Crippen LogP contribution in [0.3, 0.4) is 0 Å². The molecule has 2 N–H and O–H groups in total. The molecule has 0 aliphatic heterocycles. The van der Waals surface area contributed by atoms with E-state index in [-0.39, 0.29) is 11.7 Å². The third-order valence-electron chi connectivity index (χ3n) is 0.955. The largest absolute Gasteiger partial charge is 0.465 e. The molecular formula is C5H8ClNO3. The number of ketones is 1. The Labute approximate surface area is 63.2 Å². The first-order valence-corrected chi connectivity index (χ1v) is 3.19. The lowest BCUT2D eigenvalue weighted by atomic mass is 10.2. The van der Waals surface area contributed by atoms with Crippen LogP contribution in [-0.4, -0.2) is 28.9 Å². The van der Waals surface area contributed by atoms with Crippen molar-refractivity contribution in [3.8, 4) is 0 Å². The van der Waals surface area contributed by atoms with Crippen molar-refractivity contribution >= 4 is 23.5 Å². The molecular weight excluding hydrogens is 158 g/mol. The smallest absolute Gasteiger partial charge is 0.405 e. The fourth-order valence-corrected chi connectivity index (χ4v) is 0.613.